The Morgan fingerprint density at radius 1 is 1.20 bits per heavy atom. The lowest BCUT2D eigenvalue weighted by Crippen LogP contribution is -2.55. The number of hydrogen-bond donors (Lipinski definition) is 0. The molecule has 0 aromatic carbocycles. The van der Waals surface area contributed by atoms with Crippen LogP contribution in [0.5, 0.6) is 0 Å². The first kappa shape index (κ1) is 9.38. The fraction of sp³-hybridized carbons (Fsp3) is 0.643. The largest absolute Gasteiger partial charge is 0.260 e. The van der Waals surface area contributed by atoms with Gasteiger partial charge in [-0.1, -0.05) is 26.8 Å². The second-order valence-corrected chi connectivity index (χ2v) is 6.44. The summed E-state index contributed by atoms with van der Waals surface area (Å²) in [7, 11) is 0. The van der Waals surface area contributed by atoms with Gasteiger partial charge in [0.1, 0.15) is 0 Å². The molecule has 3 fully saturated rings. The minimum absolute atomic E-state index is 0.227. The van der Waals surface area contributed by atoms with Crippen molar-refractivity contribution in [2.75, 3.05) is 0 Å². The first-order valence-electron chi connectivity index (χ1n) is 5.97. The zero-order valence-corrected chi connectivity index (χ0v) is 9.88. The van der Waals surface area contributed by atoms with Gasteiger partial charge in [-0.05, 0) is 42.2 Å². The first-order valence-corrected chi connectivity index (χ1v) is 5.97. The zero-order chi connectivity index (χ0) is 10.7. The van der Waals surface area contributed by atoms with Gasteiger partial charge in [0.05, 0.1) is 0 Å². The molecule has 4 rings (SSSR count). The Balaban J connectivity index is 1.88. The van der Waals surface area contributed by atoms with Crippen LogP contribution in [0.25, 0.3) is 0 Å². The van der Waals surface area contributed by atoms with E-state index in [1.54, 1.807) is 0 Å². The molecule has 1 heterocycles. The molecule has 3 aliphatic carbocycles. The molecule has 0 aliphatic heterocycles. The summed E-state index contributed by atoms with van der Waals surface area (Å²) in [5.74, 6) is 1.04. The maximum absolute atomic E-state index is 4.68. The molecule has 80 valence electrons. The molecule has 0 spiro atoms. The Morgan fingerprint density at radius 3 is 2.20 bits per heavy atom. The van der Waals surface area contributed by atoms with Crippen LogP contribution in [-0.2, 0) is 10.8 Å². The molecule has 1 nitrogen and oxygen atoms in total. The molecule has 15 heavy (non-hydrogen) atoms. The number of aromatic nitrogens is 1. The van der Waals surface area contributed by atoms with Crippen LogP contribution in [-0.4, -0.2) is 4.98 Å². The molecule has 2 bridgehead atoms. The van der Waals surface area contributed by atoms with Crippen LogP contribution in [0.1, 0.15) is 51.3 Å². The van der Waals surface area contributed by atoms with Crippen LogP contribution >= 0.6 is 0 Å². The summed E-state index contributed by atoms with van der Waals surface area (Å²) >= 11 is 0. The third-order valence-electron chi connectivity index (χ3n) is 4.21. The third-order valence-corrected chi connectivity index (χ3v) is 4.21. The molecular weight excluding hydrogens is 182 g/mol. The molecule has 0 N–H and O–H groups in total. The van der Waals surface area contributed by atoms with Gasteiger partial charge in [-0.2, -0.15) is 0 Å². The van der Waals surface area contributed by atoms with E-state index in [4.69, 9.17) is 0 Å². The summed E-state index contributed by atoms with van der Waals surface area (Å²) in [4.78, 5) is 4.68. The van der Waals surface area contributed by atoms with Crippen molar-refractivity contribution in [2.45, 2.75) is 50.9 Å². The van der Waals surface area contributed by atoms with Crippen molar-refractivity contribution in [1.82, 2.24) is 4.98 Å². The van der Waals surface area contributed by atoms with E-state index < -0.39 is 0 Å². The monoisotopic (exact) mass is 201 g/mol. The van der Waals surface area contributed by atoms with Gasteiger partial charge in [0.15, 0.2) is 0 Å². The fourth-order valence-corrected chi connectivity index (χ4v) is 2.94. The number of rotatable bonds is 1. The molecule has 0 atom stereocenters. The molecule has 1 heteroatoms. The van der Waals surface area contributed by atoms with Gasteiger partial charge >= 0.3 is 0 Å². The molecule has 0 amide bonds. The Morgan fingerprint density at radius 2 is 1.87 bits per heavy atom. The van der Waals surface area contributed by atoms with Crippen molar-refractivity contribution >= 4 is 0 Å². The van der Waals surface area contributed by atoms with Gasteiger partial charge in [0.2, 0.25) is 0 Å². The minimum Gasteiger partial charge on any atom is -0.260 e. The Kier molecular flexibility index (Phi) is 1.65. The summed E-state index contributed by atoms with van der Waals surface area (Å²) in [6.45, 7) is 6.72. The summed E-state index contributed by atoms with van der Waals surface area (Å²) in [5.41, 5.74) is 3.43. The highest BCUT2D eigenvalue weighted by atomic mass is 14.8. The van der Waals surface area contributed by atoms with Gasteiger partial charge < -0.3 is 0 Å². The average Bonchev–Trinajstić information content (AvgIpc) is 1.97. The Labute approximate surface area is 91.9 Å². The number of pyridine rings is 1. The van der Waals surface area contributed by atoms with Crippen molar-refractivity contribution < 1.29 is 0 Å². The van der Waals surface area contributed by atoms with E-state index in [1.165, 1.54) is 30.5 Å². The van der Waals surface area contributed by atoms with Gasteiger partial charge in [-0.25, -0.2) is 0 Å². The quantitative estimate of drug-likeness (QED) is 0.678. The second-order valence-electron chi connectivity index (χ2n) is 6.44. The predicted molar refractivity (Wildman–Crippen MR) is 62.0 cm³/mol. The maximum atomic E-state index is 4.68. The molecule has 3 saturated carbocycles. The summed E-state index contributed by atoms with van der Waals surface area (Å²) < 4.78 is 0. The number of hydrogen-bond acceptors (Lipinski definition) is 1. The minimum atomic E-state index is 0.227. The Hall–Kier alpha value is -0.850. The zero-order valence-electron chi connectivity index (χ0n) is 9.88. The van der Waals surface area contributed by atoms with Crippen LogP contribution in [0.4, 0.5) is 0 Å². The SMILES string of the molecule is CC(C)(C)c1ccc(C23CC(C2)C3)nc1. The van der Waals surface area contributed by atoms with Crippen molar-refractivity contribution in [3.63, 3.8) is 0 Å². The van der Waals surface area contributed by atoms with E-state index in [2.05, 4.69) is 44.1 Å². The smallest absolute Gasteiger partial charge is 0.0465 e. The van der Waals surface area contributed by atoms with Crippen molar-refractivity contribution in [3.8, 4) is 0 Å². The van der Waals surface area contributed by atoms with Crippen LogP contribution < -0.4 is 0 Å². The summed E-state index contributed by atoms with van der Waals surface area (Å²) in [6.07, 6.45) is 6.27. The van der Waals surface area contributed by atoms with E-state index >= 15 is 0 Å². The normalized spacial score (nSPS) is 33.1. The van der Waals surface area contributed by atoms with E-state index in [-0.39, 0.29) is 5.41 Å². The second kappa shape index (κ2) is 2.63. The van der Waals surface area contributed by atoms with Gasteiger partial charge in [-0.3, -0.25) is 4.98 Å². The molecule has 1 aromatic heterocycles. The Bertz CT molecular complexity index is 366. The summed E-state index contributed by atoms with van der Waals surface area (Å²) in [6, 6.07) is 4.53. The highest BCUT2D eigenvalue weighted by molar-refractivity contribution is 5.32. The number of nitrogens with zero attached hydrogens (tertiary/aromatic N) is 1. The van der Waals surface area contributed by atoms with Crippen molar-refractivity contribution in [2.24, 2.45) is 5.92 Å². The van der Waals surface area contributed by atoms with Crippen LogP contribution in [0.3, 0.4) is 0 Å². The van der Waals surface area contributed by atoms with Crippen LogP contribution in [0.2, 0.25) is 0 Å². The molecule has 3 aliphatic rings. The van der Waals surface area contributed by atoms with E-state index in [0.29, 0.717) is 5.41 Å². The highest BCUT2D eigenvalue weighted by Gasteiger charge is 2.58. The van der Waals surface area contributed by atoms with Crippen molar-refractivity contribution in [3.05, 3.63) is 29.6 Å². The fourth-order valence-electron chi connectivity index (χ4n) is 2.94. The average molecular weight is 201 g/mol. The van der Waals surface area contributed by atoms with Gasteiger partial charge in [-0.15, -0.1) is 0 Å². The third kappa shape index (κ3) is 1.25. The molecule has 0 saturated heterocycles. The lowest BCUT2D eigenvalue weighted by molar-refractivity contribution is -0.0309. The highest BCUT2D eigenvalue weighted by Crippen LogP contribution is 2.64. The van der Waals surface area contributed by atoms with Gasteiger partial charge in [0.25, 0.3) is 0 Å². The molecule has 0 unspecified atom stereocenters. The lowest BCUT2D eigenvalue weighted by Gasteiger charge is -2.61. The van der Waals surface area contributed by atoms with E-state index in [9.17, 15) is 0 Å². The molecular formula is C14H19N. The standard InChI is InChI=1S/C14H19N/c1-13(2,3)11-4-5-12(15-9-11)14-6-10(7-14)8-14/h4-5,9-10H,6-8H2,1-3H3. The molecule has 0 radical (unpaired) electrons. The van der Waals surface area contributed by atoms with Gasteiger partial charge in [0, 0.05) is 17.3 Å². The van der Waals surface area contributed by atoms with Crippen molar-refractivity contribution in [1.29, 1.82) is 0 Å². The van der Waals surface area contributed by atoms with Crippen LogP contribution in [0.15, 0.2) is 18.3 Å². The van der Waals surface area contributed by atoms with E-state index in [1.807, 2.05) is 0 Å². The summed E-state index contributed by atoms with van der Waals surface area (Å²) in [5, 5.41) is 0. The lowest BCUT2D eigenvalue weighted by atomic mass is 9.43. The maximum Gasteiger partial charge on any atom is 0.0465 e. The predicted octanol–water partition coefficient (Wildman–Crippen LogP) is 3.43. The van der Waals surface area contributed by atoms with Crippen LogP contribution in [0, 0.1) is 5.92 Å². The van der Waals surface area contributed by atoms with E-state index in [0.717, 1.165) is 5.92 Å². The first-order chi connectivity index (χ1) is 7.00. The molecule has 1 aromatic rings. The topological polar surface area (TPSA) is 12.9 Å².